The van der Waals surface area contributed by atoms with E-state index in [9.17, 15) is 18.0 Å². The Morgan fingerprint density at radius 1 is 1.15 bits per heavy atom. The van der Waals surface area contributed by atoms with Gasteiger partial charge in [0.05, 0.1) is 16.4 Å². The summed E-state index contributed by atoms with van der Waals surface area (Å²) in [6.45, 7) is 3.49. The third-order valence-corrected chi connectivity index (χ3v) is 4.62. The number of aryl methyl sites for hydroxylation is 1. The zero-order valence-corrected chi connectivity index (χ0v) is 15.3. The van der Waals surface area contributed by atoms with Crippen molar-refractivity contribution in [3.63, 3.8) is 0 Å². The van der Waals surface area contributed by atoms with E-state index in [2.05, 4.69) is 15.6 Å². The van der Waals surface area contributed by atoms with Crippen molar-refractivity contribution in [2.45, 2.75) is 19.9 Å². The van der Waals surface area contributed by atoms with Crippen molar-refractivity contribution in [1.82, 2.24) is 4.98 Å². The predicted octanol–water partition coefficient (Wildman–Crippen LogP) is 4.97. The summed E-state index contributed by atoms with van der Waals surface area (Å²) in [7, 11) is 0. The Balaban J connectivity index is 1.71. The molecular weight excluding hydrogens is 375 g/mol. The van der Waals surface area contributed by atoms with E-state index in [-0.39, 0.29) is 0 Å². The number of hydrogen-bond acceptors (Lipinski definition) is 4. The Hall–Kier alpha value is -2.87. The number of halogens is 3. The van der Waals surface area contributed by atoms with E-state index in [4.69, 9.17) is 0 Å². The van der Waals surface area contributed by atoms with Gasteiger partial charge in [-0.15, -0.1) is 11.3 Å². The van der Waals surface area contributed by atoms with Gasteiger partial charge in [0, 0.05) is 16.6 Å². The van der Waals surface area contributed by atoms with E-state index >= 15 is 0 Å². The molecule has 2 N–H and O–H groups in total. The highest BCUT2D eigenvalue weighted by atomic mass is 32.1. The monoisotopic (exact) mass is 391 g/mol. The minimum absolute atomic E-state index is 0.417. The highest BCUT2D eigenvalue weighted by Crippen LogP contribution is 2.25. The minimum atomic E-state index is -1.63. The molecule has 0 spiro atoms. The number of benzene rings is 2. The number of carbonyl (C=O) groups is 1. The first-order valence-corrected chi connectivity index (χ1v) is 8.96. The average Bonchev–Trinajstić information content (AvgIpc) is 3.09. The van der Waals surface area contributed by atoms with Gasteiger partial charge in [0.15, 0.2) is 17.5 Å². The Bertz CT molecular complexity index is 990. The molecule has 3 aromatic rings. The van der Waals surface area contributed by atoms with Crippen LogP contribution in [-0.4, -0.2) is 16.9 Å². The number of aromatic nitrogens is 1. The first-order chi connectivity index (χ1) is 12.8. The van der Waals surface area contributed by atoms with E-state index in [0.29, 0.717) is 5.69 Å². The summed E-state index contributed by atoms with van der Waals surface area (Å²) in [6.07, 6.45) is 0. The molecule has 0 aliphatic rings. The molecule has 2 aromatic carbocycles. The molecule has 8 heteroatoms. The van der Waals surface area contributed by atoms with E-state index in [1.54, 1.807) is 24.3 Å². The van der Waals surface area contributed by atoms with E-state index in [1.165, 1.54) is 0 Å². The van der Waals surface area contributed by atoms with Gasteiger partial charge in [-0.2, -0.15) is 0 Å². The van der Waals surface area contributed by atoms with Crippen LogP contribution in [0, 0.1) is 24.4 Å². The molecule has 0 fully saturated rings. The molecule has 27 heavy (non-hydrogen) atoms. The Morgan fingerprint density at radius 2 is 1.93 bits per heavy atom. The summed E-state index contributed by atoms with van der Waals surface area (Å²) >= 11 is 1.54. The number of amides is 1. The summed E-state index contributed by atoms with van der Waals surface area (Å²) < 4.78 is 40.0. The fourth-order valence-corrected chi connectivity index (χ4v) is 3.07. The van der Waals surface area contributed by atoms with Gasteiger partial charge in [0.2, 0.25) is 5.91 Å². The van der Waals surface area contributed by atoms with Gasteiger partial charge < -0.3 is 10.6 Å². The third-order valence-electron chi connectivity index (χ3n) is 3.85. The zero-order valence-electron chi connectivity index (χ0n) is 14.5. The molecule has 0 aliphatic carbocycles. The number of carbonyl (C=O) groups excluding carboxylic acids is 1. The number of anilines is 2. The van der Waals surface area contributed by atoms with Crippen LogP contribution < -0.4 is 10.6 Å². The SMILES string of the molecule is Cc1nc(-c2cccc(N[C@H](C)C(=O)Nc3ccc(F)c(F)c3F)c2)cs1. The van der Waals surface area contributed by atoms with Crippen LogP contribution in [0.2, 0.25) is 0 Å². The second-order valence-electron chi connectivity index (χ2n) is 5.91. The predicted molar refractivity (Wildman–Crippen MR) is 100 cm³/mol. The van der Waals surface area contributed by atoms with Crippen LogP contribution in [0.5, 0.6) is 0 Å². The maximum Gasteiger partial charge on any atom is 0.246 e. The van der Waals surface area contributed by atoms with E-state index < -0.39 is 35.1 Å². The minimum Gasteiger partial charge on any atom is -0.374 e. The maximum absolute atomic E-state index is 13.7. The molecule has 0 saturated carbocycles. The molecule has 140 valence electrons. The number of rotatable bonds is 5. The van der Waals surface area contributed by atoms with Gasteiger partial charge in [0.25, 0.3) is 0 Å². The lowest BCUT2D eigenvalue weighted by Gasteiger charge is -2.16. The second kappa shape index (κ2) is 7.79. The first-order valence-electron chi connectivity index (χ1n) is 8.08. The molecule has 0 saturated heterocycles. The second-order valence-corrected chi connectivity index (χ2v) is 6.97. The Kier molecular flexibility index (Phi) is 5.46. The van der Waals surface area contributed by atoms with Gasteiger partial charge in [-0.3, -0.25) is 4.79 Å². The van der Waals surface area contributed by atoms with E-state index in [0.717, 1.165) is 28.4 Å². The van der Waals surface area contributed by atoms with Crippen LogP contribution in [0.3, 0.4) is 0 Å². The summed E-state index contributed by atoms with van der Waals surface area (Å²) in [5.41, 5.74) is 1.98. The van der Waals surface area contributed by atoms with Gasteiger partial charge >= 0.3 is 0 Å². The molecule has 0 unspecified atom stereocenters. The third kappa shape index (κ3) is 4.28. The van der Waals surface area contributed by atoms with Gasteiger partial charge in [-0.25, -0.2) is 18.2 Å². The topological polar surface area (TPSA) is 54.0 Å². The zero-order chi connectivity index (χ0) is 19.6. The molecule has 0 aliphatic heterocycles. The van der Waals surface area contributed by atoms with Gasteiger partial charge in [-0.1, -0.05) is 12.1 Å². The van der Waals surface area contributed by atoms with Crippen LogP contribution in [-0.2, 0) is 4.79 Å². The van der Waals surface area contributed by atoms with Crippen LogP contribution in [0.4, 0.5) is 24.5 Å². The van der Waals surface area contributed by atoms with Crippen LogP contribution in [0.1, 0.15) is 11.9 Å². The molecule has 1 amide bonds. The standard InChI is InChI=1S/C19H16F3N3OS/c1-10(19(26)25-15-7-6-14(20)17(21)18(15)22)23-13-5-3-4-12(8-13)16-9-27-11(2)24-16/h3-10,23H,1-2H3,(H,25,26)/t10-/m1/s1. The molecule has 0 bridgehead atoms. The molecule has 3 rings (SSSR count). The lowest BCUT2D eigenvalue weighted by Crippen LogP contribution is -2.32. The van der Waals surface area contributed by atoms with Crippen molar-refractivity contribution < 1.29 is 18.0 Å². The fraction of sp³-hybridized carbons (Fsp3) is 0.158. The summed E-state index contributed by atoms with van der Waals surface area (Å²) in [5.74, 6) is -4.96. The van der Waals surface area contributed by atoms with Gasteiger partial charge in [0.1, 0.15) is 6.04 Å². The highest BCUT2D eigenvalue weighted by molar-refractivity contribution is 7.09. The van der Waals surface area contributed by atoms with Crippen molar-refractivity contribution in [2.75, 3.05) is 10.6 Å². The Morgan fingerprint density at radius 3 is 2.63 bits per heavy atom. The molecular formula is C19H16F3N3OS. The first kappa shape index (κ1) is 18.9. The van der Waals surface area contributed by atoms with Crippen molar-refractivity contribution in [1.29, 1.82) is 0 Å². The lowest BCUT2D eigenvalue weighted by molar-refractivity contribution is -0.116. The molecule has 4 nitrogen and oxygen atoms in total. The number of nitrogens with one attached hydrogen (secondary N) is 2. The fourth-order valence-electron chi connectivity index (χ4n) is 2.44. The quantitative estimate of drug-likeness (QED) is 0.604. The summed E-state index contributed by atoms with van der Waals surface area (Å²) in [4.78, 5) is 16.7. The van der Waals surface area contributed by atoms with Crippen molar-refractivity contribution in [3.05, 3.63) is 64.2 Å². The van der Waals surface area contributed by atoms with E-state index in [1.807, 2.05) is 30.5 Å². The van der Waals surface area contributed by atoms with Crippen molar-refractivity contribution in [3.8, 4) is 11.3 Å². The highest BCUT2D eigenvalue weighted by Gasteiger charge is 2.18. The average molecular weight is 391 g/mol. The molecule has 0 radical (unpaired) electrons. The number of thiazole rings is 1. The normalized spacial score (nSPS) is 11.9. The maximum atomic E-state index is 13.7. The Labute approximate surface area is 158 Å². The smallest absolute Gasteiger partial charge is 0.246 e. The molecule has 1 aromatic heterocycles. The summed E-state index contributed by atoms with van der Waals surface area (Å²) in [6, 6.07) is 8.34. The largest absolute Gasteiger partial charge is 0.374 e. The van der Waals surface area contributed by atoms with Crippen LogP contribution in [0.15, 0.2) is 41.8 Å². The number of hydrogen-bond donors (Lipinski definition) is 2. The van der Waals surface area contributed by atoms with Crippen molar-refractivity contribution >= 4 is 28.6 Å². The lowest BCUT2D eigenvalue weighted by atomic mass is 10.1. The molecule has 1 atom stereocenters. The molecule has 1 heterocycles. The summed E-state index contributed by atoms with van der Waals surface area (Å²) in [5, 5.41) is 8.14. The van der Waals surface area contributed by atoms with Gasteiger partial charge in [-0.05, 0) is 38.1 Å². The van der Waals surface area contributed by atoms with Crippen LogP contribution in [0.25, 0.3) is 11.3 Å². The number of nitrogens with zero attached hydrogens (tertiary/aromatic N) is 1. The van der Waals surface area contributed by atoms with Crippen molar-refractivity contribution in [2.24, 2.45) is 0 Å². The van der Waals surface area contributed by atoms with Crippen LogP contribution >= 0.6 is 11.3 Å².